The van der Waals surface area contributed by atoms with E-state index < -0.39 is 5.82 Å². The van der Waals surface area contributed by atoms with E-state index in [-0.39, 0.29) is 12.5 Å². The molecule has 10 heteroatoms. The zero-order chi connectivity index (χ0) is 24.7. The first-order valence-electron chi connectivity index (χ1n) is 11.0. The van der Waals surface area contributed by atoms with E-state index >= 15 is 0 Å². The molecule has 0 radical (unpaired) electrons. The molecule has 3 rings (SSSR count). The second kappa shape index (κ2) is 11.8. The van der Waals surface area contributed by atoms with Crippen molar-refractivity contribution in [1.82, 2.24) is 19.2 Å². The molecule has 0 saturated heterocycles. The topological polar surface area (TPSA) is 81.1 Å². The number of anilines is 1. The molecule has 1 aromatic carbocycles. The molecule has 2 aromatic heterocycles. The summed E-state index contributed by atoms with van der Waals surface area (Å²) in [6, 6.07) is 7.02. The molecule has 0 unspecified atom stereocenters. The number of rotatable bonds is 11. The maximum Gasteiger partial charge on any atom is 0.181 e. The Bertz CT molecular complexity index is 1180. The van der Waals surface area contributed by atoms with E-state index in [1.165, 1.54) is 17.6 Å². The number of aromatic amines is 1. The number of halogens is 1. The van der Waals surface area contributed by atoms with E-state index in [9.17, 15) is 4.39 Å². The lowest BCUT2D eigenvalue weighted by atomic mass is 10.2. The van der Waals surface area contributed by atoms with E-state index in [0.717, 1.165) is 46.9 Å². The van der Waals surface area contributed by atoms with Crippen LogP contribution in [0.5, 0.6) is 5.75 Å². The maximum absolute atomic E-state index is 14.5. The van der Waals surface area contributed by atoms with Crippen molar-refractivity contribution in [2.75, 3.05) is 45.8 Å². The number of aromatic nitrogens is 2. The lowest BCUT2D eigenvalue weighted by Gasteiger charge is -2.25. The standard InChI is InChI=1S/C24H32FN7OS/c1-7-32(9-8-31(5)6)23(14-22(26-4)29-24-11-17(3)30-34-24)27-15-33-21-12-18-10-16(2)28-20(18)13-19(21)25/h10-14,28-29H,4,7-9,15H2,1-3,5-6H3/b22-14+,27-23+. The van der Waals surface area contributed by atoms with Gasteiger partial charge < -0.3 is 24.8 Å². The number of nitrogens with zero attached hydrogens (tertiary/aromatic N) is 5. The Labute approximate surface area is 204 Å². The van der Waals surface area contributed by atoms with Crippen molar-refractivity contribution >= 4 is 40.0 Å². The minimum atomic E-state index is -0.433. The summed E-state index contributed by atoms with van der Waals surface area (Å²) in [5.74, 6) is 0.938. The van der Waals surface area contributed by atoms with Crippen molar-refractivity contribution in [3.63, 3.8) is 0 Å². The van der Waals surface area contributed by atoms with Gasteiger partial charge in [-0.1, -0.05) is 0 Å². The summed E-state index contributed by atoms with van der Waals surface area (Å²) in [6.45, 7) is 11.9. The van der Waals surface area contributed by atoms with Gasteiger partial charge in [0.15, 0.2) is 18.3 Å². The van der Waals surface area contributed by atoms with Crippen LogP contribution in [0.1, 0.15) is 18.3 Å². The van der Waals surface area contributed by atoms with E-state index in [1.807, 2.05) is 46.2 Å². The van der Waals surface area contributed by atoms with Gasteiger partial charge in [0.25, 0.3) is 0 Å². The van der Waals surface area contributed by atoms with Gasteiger partial charge in [0.2, 0.25) is 0 Å². The fraction of sp³-hybridized carbons (Fsp3) is 0.375. The van der Waals surface area contributed by atoms with Crippen molar-refractivity contribution in [3.05, 3.63) is 53.4 Å². The molecule has 2 N–H and O–H groups in total. The Morgan fingerprint density at radius 3 is 2.71 bits per heavy atom. The molecule has 34 heavy (non-hydrogen) atoms. The molecule has 0 fully saturated rings. The van der Waals surface area contributed by atoms with E-state index in [2.05, 4.69) is 48.1 Å². The van der Waals surface area contributed by atoms with Gasteiger partial charge in [-0.05, 0) is 71.3 Å². The molecule has 0 aliphatic heterocycles. The molecule has 8 nitrogen and oxygen atoms in total. The van der Waals surface area contributed by atoms with Crippen molar-refractivity contribution in [1.29, 1.82) is 0 Å². The van der Waals surface area contributed by atoms with Gasteiger partial charge in [-0.15, -0.1) is 0 Å². The molecule has 182 valence electrons. The van der Waals surface area contributed by atoms with Gasteiger partial charge in [-0.3, -0.25) is 0 Å². The lowest BCUT2D eigenvalue weighted by molar-refractivity contribution is 0.306. The number of fused-ring (bicyclic) bond motifs is 1. The molecular formula is C24H32FN7OS. The third kappa shape index (κ3) is 6.88. The SMILES string of the molecule is C=N/C(=C\C(=N/COc1cc2cc(C)[nH]c2cc1F)N(CC)CCN(C)C)Nc1cc(C)ns1. The molecule has 0 spiro atoms. The number of benzene rings is 1. The Kier molecular flexibility index (Phi) is 8.78. The molecule has 0 saturated carbocycles. The van der Waals surface area contributed by atoms with Crippen LogP contribution in [0.15, 0.2) is 46.1 Å². The van der Waals surface area contributed by atoms with Crippen LogP contribution >= 0.6 is 11.5 Å². The number of ether oxygens (including phenoxy) is 1. The molecule has 3 aromatic rings. The van der Waals surface area contributed by atoms with Gasteiger partial charge in [-0.25, -0.2) is 14.4 Å². The Balaban J connectivity index is 1.84. The number of amidine groups is 1. The Hall–Kier alpha value is -3.24. The Morgan fingerprint density at radius 1 is 1.26 bits per heavy atom. The largest absolute Gasteiger partial charge is 0.468 e. The molecule has 0 aliphatic rings. The highest BCUT2D eigenvalue weighted by molar-refractivity contribution is 7.10. The average Bonchev–Trinajstić information content (AvgIpc) is 3.36. The van der Waals surface area contributed by atoms with Crippen LogP contribution in [0.2, 0.25) is 0 Å². The molecule has 2 heterocycles. The number of aryl methyl sites for hydroxylation is 2. The summed E-state index contributed by atoms with van der Waals surface area (Å²) in [4.78, 5) is 16.1. The zero-order valence-electron chi connectivity index (χ0n) is 20.4. The first-order valence-corrected chi connectivity index (χ1v) is 11.8. The van der Waals surface area contributed by atoms with E-state index in [4.69, 9.17) is 4.74 Å². The Morgan fingerprint density at radius 2 is 2.06 bits per heavy atom. The third-order valence-electron chi connectivity index (χ3n) is 5.09. The number of H-pyrrole nitrogens is 1. The smallest absolute Gasteiger partial charge is 0.181 e. The summed E-state index contributed by atoms with van der Waals surface area (Å²) < 4.78 is 24.5. The maximum atomic E-state index is 14.5. The van der Waals surface area contributed by atoms with Crippen LogP contribution in [-0.2, 0) is 0 Å². The monoisotopic (exact) mass is 485 g/mol. The first-order chi connectivity index (χ1) is 16.3. The summed E-state index contributed by atoms with van der Waals surface area (Å²) in [5, 5.41) is 4.98. The van der Waals surface area contributed by atoms with Crippen LogP contribution in [-0.4, -0.2) is 72.2 Å². The molecule has 0 amide bonds. The predicted molar refractivity (Wildman–Crippen MR) is 140 cm³/mol. The van der Waals surface area contributed by atoms with Crippen molar-refractivity contribution in [2.45, 2.75) is 20.8 Å². The summed E-state index contributed by atoms with van der Waals surface area (Å²) in [6.07, 6.45) is 1.82. The fourth-order valence-corrected chi connectivity index (χ4v) is 4.01. The summed E-state index contributed by atoms with van der Waals surface area (Å²) >= 11 is 1.35. The van der Waals surface area contributed by atoms with Gasteiger partial charge in [0.1, 0.15) is 16.7 Å². The average molecular weight is 486 g/mol. The predicted octanol–water partition coefficient (Wildman–Crippen LogP) is 4.65. The van der Waals surface area contributed by atoms with Crippen molar-refractivity contribution in [2.24, 2.45) is 9.98 Å². The van der Waals surface area contributed by atoms with Gasteiger partial charge >= 0.3 is 0 Å². The minimum absolute atomic E-state index is 0.0415. The summed E-state index contributed by atoms with van der Waals surface area (Å²) in [5.41, 5.74) is 2.63. The number of nitrogens with one attached hydrogen (secondary N) is 2. The highest BCUT2D eigenvalue weighted by Gasteiger charge is 2.12. The first kappa shape index (κ1) is 25.4. The van der Waals surface area contributed by atoms with Crippen LogP contribution in [0, 0.1) is 19.7 Å². The van der Waals surface area contributed by atoms with Crippen LogP contribution in [0.3, 0.4) is 0 Å². The zero-order valence-corrected chi connectivity index (χ0v) is 21.2. The lowest BCUT2D eigenvalue weighted by Crippen LogP contribution is -2.36. The van der Waals surface area contributed by atoms with Crippen LogP contribution in [0.25, 0.3) is 10.9 Å². The molecule has 0 bridgehead atoms. The number of hydrogen-bond acceptors (Lipinski definition) is 7. The number of aliphatic imine (C=N–C) groups is 2. The van der Waals surface area contributed by atoms with Crippen molar-refractivity contribution in [3.8, 4) is 5.75 Å². The molecule has 0 atom stereocenters. The quantitative estimate of drug-likeness (QED) is 0.305. The minimum Gasteiger partial charge on any atom is -0.468 e. The van der Waals surface area contributed by atoms with Gasteiger partial charge in [0.05, 0.1) is 5.69 Å². The second-order valence-electron chi connectivity index (χ2n) is 8.14. The van der Waals surface area contributed by atoms with Crippen LogP contribution in [0.4, 0.5) is 9.39 Å². The normalized spacial score (nSPS) is 12.4. The summed E-state index contributed by atoms with van der Waals surface area (Å²) in [7, 11) is 4.05. The number of likely N-dealkylation sites (N-methyl/N-ethyl adjacent to an activating group) is 2. The van der Waals surface area contributed by atoms with Gasteiger partial charge in [0, 0.05) is 48.4 Å². The highest BCUT2D eigenvalue weighted by atomic mass is 32.1. The third-order valence-corrected chi connectivity index (χ3v) is 5.89. The van der Waals surface area contributed by atoms with Crippen LogP contribution < -0.4 is 10.1 Å². The van der Waals surface area contributed by atoms with Crippen molar-refractivity contribution < 1.29 is 9.13 Å². The molecular weight excluding hydrogens is 453 g/mol. The molecule has 0 aliphatic carbocycles. The second-order valence-corrected chi connectivity index (χ2v) is 8.95. The fourth-order valence-electron chi connectivity index (χ4n) is 3.34. The van der Waals surface area contributed by atoms with E-state index in [1.54, 1.807) is 6.07 Å². The van der Waals surface area contributed by atoms with Gasteiger partial charge in [-0.2, -0.15) is 4.37 Å². The number of hydrogen-bond donors (Lipinski definition) is 2. The highest BCUT2D eigenvalue weighted by Crippen LogP contribution is 2.25. The van der Waals surface area contributed by atoms with E-state index in [0.29, 0.717) is 11.7 Å².